The minimum Gasteiger partial charge on any atom is -0.462 e. The number of ether oxygens (including phenoxy) is 1. The highest BCUT2D eigenvalue weighted by Crippen LogP contribution is 2.24. The van der Waals surface area contributed by atoms with E-state index < -0.39 is 0 Å². The van der Waals surface area contributed by atoms with Crippen LogP contribution in [0.1, 0.15) is 72.6 Å². The van der Waals surface area contributed by atoms with Gasteiger partial charge in [0, 0.05) is 6.92 Å². The predicted octanol–water partition coefficient (Wildman–Crippen LogP) is 4.32. The molecule has 16 heavy (non-hydrogen) atoms. The van der Waals surface area contributed by atoms with Crippen LogP contribution in [-0.4, -0.2) is 12.1 Å². The zero-order chi connectivity index (χ0) is 12.4. The van der Waals surface area contributed by atoms with Crippen LogP contribution in [0.25, 0.3) is 0 Å². The van der Waals surface area contributed by atoms with Crippen molar-refractivity contribution in [2.45, 2.75) is 78.7 Å². The molecule has 0 aliphatic carbocycles. The maximum absolute atomic E-state index is 11.1. The molecular formula is C14H28O2. The fourth-order valence-electron chi connectivity index (χ4n) is 2.24. The van der Waals surface area contributed by atoms with Gasteiger partial charge >= 0.3 is 5.97 Å². The van der Waals surface area contributed by atoms with Gasteiger partial charge in [-0.1, -0.05) is 46.5 Å². The van der Waals surface area contributed by atoms with Crippen molar-refractivity contribution >= 4 is 5.97 Å². The monoisotopic (exact) mass is 228 g/mol. The standard InChI is InChI=1S/C14H28O2/c1-5-8-11-13(9-6-2)14(10-7-3)16-12(4)15/h13-14H,5-11H2,1-4H3. The molecule has 0 aromatic carbocycles. The molecule has 2 nitrogen and oxygen atoms in total. The minimum absolute atomic E-state index is 0.129. The first-order valence-corrected chi connectivity index (χ1v) is 6.82. The second-order valence-electron chi connectivity index (χ2n) is 4.63. The van der Waals surface area contributed by atoms with E-state index in [9.17, 15) is 4.79 Å². The predicted molar refractivity (Wildman–Crippen MR) is 68.4 cm³/mol. The molecule has 0 N–H and O–H groups in total. The Morgan fingerprint density at radius 3 is 2.06 bits per heavy atom. The highest BCUT2D eigenvalue weighted by Gasteiger charge is 2.22. The van der Waals surface area contributed by atoms with Gasteiger partial charge in [0.15, 0.2) is 0 Å². The summed E-state index contributed by atoms with van der Waals surface area (Å²) >= 11 is 0. The molecule has 2 heteroatoms. The average Bonchev–Trinajstić information content (AvgIpc) is 2.23. The second-order valence-corrected chi connectivity index (χ2v) is 4.63. The molecule has 0 rings (SSSR count). The molecule has 2 unspecified atom stereocenters. The van der Waals surface area contributed by atoms with Crippen LogP contribution < -0.4 is 0 Å². The third-order valence-electron chi connectivity index (χ3n) is 3.00. The van der Waals surface area contributed by atoms with E-state index in [-0.39, 0.29) is 12.1 Å². The van der Waals surface area contributed by atoms with Gasteiger partial charge in [-0.05, 0) is 25.2 Å². The van der Waals surface area contributed by atoms with Crippen LogP contribution in [0.3, 0.4) is 0 Å². The van der Waals surface area contributed by atoms with E-state index in [1.165, 1.54) is 39.0 Å². The largest absolute Gasteiger partial charge is 0.462 e. The van der Waals surface area contributed by atoms with E-state index in [0.717, 1.165) is 12.8 Å². The van der Waals surface area contributed by atoms with E-state index in [4.69, 9.17) is 4.74 Å². The molecule has 0 bridgehead atoms. The first kappa shape index (κ1) is 15.5. The molecule has 0 amide bonds. The van der Waals surface area contributed by atoms with Gasteiger partial charge < -0.3 is 4.74 Å². The van der Waals surface area contributed by atoms with E-state index in [2.05, 4.69) is 20.8 Å². The zero-order valence-electron chi connectivity index (χ0n) is 11.4. The van der Waals surface area contributed by atoms with Gasteiger partial charge in [-0.25, -0.2) is 0 Å². The Balaban J connectivity index is 4.31. The van der Waals surface area contributed by atoms with Crippen molar-refractivity contribution in [3.63, 3.8) is 0 Å². The lowest BCUT2D eigenvalue weighted by Crippen LogP contribution is -2.26. The number of esters is 1. The lowest BCUT2D eigenvalue weighted by molar-refractivity contribution is -0.149. The van der Waals surface area contributed by atoms with Crippen molar-refractivity contribution in [2.75, 3.05) is 0 Å². The maximum atomic E-state index is 11.1. The molecule has 0 heterocycles. The van der Waals surface area contributed by atoms with Crippen LogP contribution in [0.5, 0.6) is 0 Å². The molecule has 0 aromatic heterocycles. The number of hydrogen-bond donors (Lipinski definition) is 0. The van der Waals surface area contributed by atoms with Crippen molar-refractivity contribution in [1.82, 2.24) is 0 Å². The lowest BCUT2D eigenvalue weighted by atomic mass is 9.89. The number of hydrogen-bond acceptors (Lipinski definition) is 2. The third kappa shape index (κ3) is 6.86. The van der Waals surface area contributed by atoms with Crippen molar-refractivity contribution in [3.05, 3.63) is 0 Å². The molecule has 2 atom stereocenters. The summed E-state index contributed by atoms with van der Waals surface area (Å²) in [5.74, 6) is 0.435. The van der Waals surface area contributed by atoms with Gasteiger partial charge in [-0.3, -0.25) is 4.79 Å². The van der Waals surface area contributed by atoms with Crippen LogP contribution in [0, 0.1) is 5.92 Å². The Morgan fingerprint density at radius 2 is 1.62 bits per heavy atom. The summed E-state index contributed by atoms with van der Waals surface area (Å²) in [5.41, 5.74) is 0. The van der Waals surface area contributed by atoms with Crippen LogP contribution in [-0.2, 0) is 9.53 Å². The first-order valence-electron chi connectivity index (χ1n) is 6.82. The minimum atomic E-state index is -0.129. The van der Waals surface area contributed by atoms with Gasteiger partial charge in [-0.15, -0.1) is 0 Å². The highest BCUT2D eigenvalue weighted by atomic mass is 16.5. The van der Waals surface area contributed by atoms with Gasteiger partial charge in [0.25, 0.3) is 0 Å². The summed E-state index contributed by atoms with van der Waals surface area (Å²) in [6.07, 6.45) is 8.26. The Hall–Kier alpha value is -0.530. The van der Waals surface area contributed by atoms with Crippen molar-refractivity contribution in [2.24, 2.45) is 5.92 Å². The first-order chi connectivity index (χ1) is 7.65. The van der Waals surface area contributed by atoms with Crippen LogP contribution in [0.15, 0.2) is 0 Å². The highest BCUT2D eigenvalue weighted by molar-refractivity contribution is 5.66. The third-order valence-corrected chi connectivity index (χ3v) is 3.00. The fraction of sp³-hybridized carbons (Fsp3) is 0.929. The summed E-state index contributed by atoms with van der Waals surface area (Å²) in [6, 6.07) is 0. The van der Waals surface area contributed by atoms with E-state index in [1.807, 2.05) is 0 Å². The molecule has 96 valence electrons. The Labute approximate surface area is 101 Å². The Kier molecular flexibility index (Phi) is 9.36. The Bertz CT molecular complexity index is 178. The fourth-order valence-corrected chi connectivity index (χ4v) is 2.24. The number of carbonyl (C=O) groups is 1. The van der Waals surface area contributed by atoms with E-state index in [1.54, 1.807) is 0 Å². The summed E-state index contributed by atoms with van der Waals surface area (Å²) in [7, 11) is 0. The number of carbonyl (C=O) groups excluding carboxylic acids is 1. The maximum Gasteiger partial charge on any atom is 0.302 e. The molecule has 0 fully saturated rings. The summed E-state index contributed by atoms with van der Waals surface area (Å²) in [5, 5.41) is 0. The molecule has 0 radical (unpaired) electrons. The summed E-state index contributed by atoms with van der Waals surface area (Å²) < 4.78 is 5.46. The molecular weight excluding hydrogens is 200 g/mol. The van der Waals surface area contributed by atoms with Gasteiger partial charge in [-0.2, -0.15) is 0 Å². The van der Waals surface area contributed by atoms with Gasteiger partial charge in [0.05, 0.1) is 0 Å². The van der Waals surface area contributed by atoms with E-state index in [0.29, 0.717) is 5.92 Å². The van der Waals surface area contributed by atoms with Crippen molar-refractivity contribution in [3.8, 4) is 0 Å². The number of rotatable bonds is 9. The topological polar surface area (TPSA) is 26.3 Å². The normalized spacial score (nSPS) is 14.5. The summed E-state index contributed by atoms with van der Waals surface area (Å²) in [6.45, 7) is 8.09. The van der Waals surface area contributed by atoms with Gasteiger partial charge in [0.2, 0.25) is 0 Å². The van der Waals surface area contributed by atoms with E-state index >= 15 is 0 Å². The smallest absolute Gasteiger partial charge is 0.302 e. The molecule has 0 saturated carbocycles. The van der Waals surface area contributed by atoms with Crippen LogP contribution in [0.2, 0.25) is 0 Å². The summed E-state index contributed by atoms with van der Waals surface area (Å²) in [4.78, 5) is 11.1. The molecule has 0 aromatic rings. The molecule has 0 spiro atoms. The second kappa shape index (κ2) is 9.68. The van der Waals surface area contributed by atoms with Crippen LogP contribution in [0.4, 0.5) is 0 Å². The quantitative estimate of drug-likeness (QED) is 0.549. The lowest BCUT2D eigenvalue weighted by Gasteiger charge is -2.26. The average molecular weight is 228 g/mol. The van der Waals surface area contributed by atoms with Gasteiger partial charge in [0.1, 0.15) is 6.10 Å². The van der Waals surface area contributed by atoms with Crippen molar-refractivity contribution < 1.29 is 9.53 Å². The van der Waals surface area contributed by atoms with Crippen LogP contribution >= 0.6 is 0 Å². The molecule has 0 saturated heterocycles. The Morgan fingerprint density at radius 1 is 1.00 bits per heavy atom. The molecule has 0 aliphatic rings. The molecule has 0 aliphatic heterocycles. The SMILES string of the molecule is CCCCC(CCC)C(CCC)OC(C)=O. The van der Waals surface area contributed by atoms with Crippen molar-refractivity contribution in [1.29, 1.82) is 0 Å². The number of unbranched alkanes of at least 4 members (excludes halogenated alkanes) is 1. The zero-order valence-corrected chi connectivity index (χ0v) is 11.4.